The summed E-state index contributed by atoms with van der Waals surface area (Å²) in [5.74, 6) is -0.182. The van der Waals surface area contributed by atoms with Crippen molar-refractivity contribution < 1.29 is 4.39 Å². The molecule has 0 aromatic heterocycles. The number of hydrogen-bond donors (Lipinski definition) is 1. The van der Waals surface area contributed by atoms with Crippen molar-refractivity contribution in [3.05, 3.63) is 30.1 Å². The highest BCUT2D eigenvalue weighted by Gasteiger charge is 2.19. The maximum atomic E-state index is 12.7. The van der Waals surface area contributed by atoms with Crippen molar-refractivity contribution in [2.45, 2.75) is 18.9 Å². The van der Waals surface area contributed by atoms with Gasteiger partial charge in [-0.3, -0.25) is 0 Å². The Bertz CT molecular complexity index is 310. The third-order valence-corrected chi connectivity index (χ3v) is 3.06. The van der Waals surface area contributed by atoms with E-state index in [0.29, 0.717) is 6.04 Å². The Morgan fingerprint density at radius 1 is 1.40 bits per heavy atom. The molecule has 82 valence electrons. The highest BCUT2D eigenvalue weighted by Crippen LogP contribution is 2.16. The molecule has 2 nitrogen and oxygen atoms in total. The van der Waals surface area contributed by atoms with Crippen LogP contribution in [0.3, 0.4) is 0 Å². The van der Waals surface area contributed by atoms with Crippen LogP contribution in [-0.2, 0) is 0 Å². The van der Waals surface area contributed by atoms with Crippen molar-refractivity contribution in [2.24, 2.45) is 0 Å². The first-order valence-corrected chi connectivity index (χ1v) is 5.45. The maximum absolute atomic E-state index is 12.7. The zero-order valence-electron chi connectivity index (χ0n) is 9.04. The summed E-state index contributed by atoms with van der Waals surface area (Å²) in [6.07, 6.45) is 2.54. The van der Waals surface area contributed by atoms with Crippen molar-refractivity contribution >= 4 is 5.69 Å². The molecule has 0 spiro atoms. The van der Waals surface area contributed by atoms with Crippen molar-refractivity contribution in [3.8, 4) is 0 Å². The quantitative estimate of drug-likeness (QED) is 0.820. The van der Waals surface area contributed by atoms with E-state index in [9.17, 15) is 4.39 Å². The van der Waals surface area contributed by atoms with Crippen LogP contribution in [0.25, 0.3) is 0 Å². The molecule has 1 saturated heterocycles. The molecule has 0 saturated carbocycles. The van der Waals surface area contributed by atoms with Gasteiger partial charge in [-0.05, 0) is 50.7 Å². The van der Waals surface area contributed by atoms with E-state index in [2.05, 4.69) is 17.3 Å². The molecule has 15 heavy (non-hydrogen) atoms. The number of nitrogens with zero attached hydrogens (tertiary/aromatic N) is 1. The van der Waals surface area contributed by atoms with Gasteiger partial charge in [0.1, 0.15) is 5.82 Å². The molecule has 1 heterocycles. The zero-order chi connectivity index (χ0) is 10.7. The molecule has 0 amide bonds. The molecule has 1 aromatic carbocycles. The molecule has 1 aliphatic rings. The molecule has 2 rings (SSSR count). The van der Waals surface area contributed by atoms with Gasteiger partial charge in [-0.2, -0.15) is 0 Å². The average molecular weight is 208 g/mol. The summed E-state index contributed by atoms with van der Waals surface area (Å²) in [5, 5.41) is 3.34. The lowest BCUT2D eigenvalue weighted by Crippen LogP contribution is -2.31. The Labute approximate surface area is 90.1 Å². The minimum absolute atomic E-state index is 0.182. The molecule has 0 bridgehead atoms. The zero-order valence-corrected chi connectivity index (χ0v) is 9.04. The Hall–Kier alpha value is -1.09. The van der Waals surface area contributed by atoms with E-state index < -0.39 is 0 Å². The first-order valence-electron chi connectivity index (χ1n) is 5.45. The largest absolute Gasteiger partial charge is 0.383 e. The van der Waals surface area contributed by atoms with E-state index in [1.165, 1.54) is 31.5 Å². The van der Waals surface area contributed by atoms with E-state index in [4.69, 9.17) is 0 Å². The van der Waals surface area contributed by atoms with E-state index in [1.807, 2.05) is 0 Å². The minimum Gasteiger partial charge on any atom is -0.383 e. The Morgan fingerprint density at radius 3 is 2.73 bits per heavy atom. The van der Waals surface area contributed by atoms with Crippen LogP contribution in [0.5, 0.6) is 0 Å². The minimum atomic E-state index is -0.182. The molecule has 1 N–H and O–H groups in total. The second-order valence-electron chi connectivity index (χ2n) is 4.16. The van der Waals surface area contributed by atoms with Crippen LogP contribution in [0, 0.1) is 5.82 Å². The van der Waals surface area contributed by atoms with Gasteiger partial charge in [-0.1, -0.05) is 0 Å². The number of nitrogens with one attached hydrogen (secondary N) is 1. The van der Waals surface area contributed by atoms with E-state index >= 15 is 0 Å². The predicted octanol–water partition coefficient (Wildman–Crippen LogP) is 2.33. The highest BCUT2D eigenvalue weighted by atomic mass is 19.1. The number of benzene rings is 1. The summed E-state index contributed by atoms with van der Waals surface area (Å²) in [6.45, 7) is 2.14. The van der Waals surface area contributed by atoms with E-state index in [-0.39, 0.29) is 5.82 Å². The monoisotopic (exact) mass is 208 g/mol. The number of likely N-dealkylation sites (tertiary alicyclic amines) is 1. The molecular formula is C12H17FN2. The van der Waals surface area contributed by atoms with Gasteiger partial charge in [0.05, 0.1) is 0 Å². The van der Waals surface area contributed by atoms with Crippen molar-refractivity contribution in [3.63, 3.8) is 0 Å². The predicted molar refractivity (Wildman–Crippen MR) is 60.5 cm³/mol. The fourth-order valence-electron chi connectivity index (χ4n) is 2.04. The fraction of sp³-hybridized carbons (Fsp3) is 0.500. The third-order valence-electron chi connectivity index (χ3n) is 3.06. The molecule has 1 fully saturated rings. The SMILES string of the molecule is CN1CCCC1CNc1ccc(F)cc1. The van der Waals surface area contributed by atoms with Gasteiger partial charge >= 0.3 is 0 Å². The topological polar surface area (TPSA) is 15.3 Å². The maximum Gasteiger partial charge on any atom is 0.123 e. The molecule has 0 aliphatic carbocycles. The van der Waals surface area contributed by atoms with Gasteiger partial charge in [-0.15, -0.1) is 0 Å². The summed E-state index contributed by atoms with van der Waals surface area (Å²) in [4.78, 5) is 2.37. The number of halogens is 1. The smallest absolute Gasteiger partial charge is 0.123 e. The van der Waals surface area contributed by atoms with Crippen LogP contribution >= 0.6 is 0 Å². The normalized spacial score (nSPS) is 21.9. The molecule has 1 atom stereocenters. The number of anilines is 1. The second-order valence-corrected chi connectivity index (χ2v) is 4.16. The molecule has 0 radical (unpaired) electrons. The third kappa shape index (κ3) is 2.69. The molecule has 1 unspecified atom stereocenters. The van der Waals surface area contributed by atoms with Crippen molar-refractivity contribution in [1.29, 1.82) is 0 Å². The molecule has 1 aromatic rings. The first kappa shape index (κ1) is 10.4. The van der Waals surface area contributed by atoms with Gasteiger partial charge in [0.15, 0.2) is 0 Å². The number of rotatable bonds is 3. The highest BCUT2D eigenvalue weighted by molar-refractivity contribution is 5.42. The van der Waals surface area contributed by atoms with Crippen molar-refractivity contribution in [2.75, 3.05) is 25.5 Å². The van der Waals surface area contributed by atoms with Gasteiger partial charge in [0.25, 0.3) is 0 Å². The van der Waals surface area contributed by atoms with Gasteiger partial charge in [0, 0.05) is 18.3 Å². The number of hydrogen-bond acceptors (Lipinski definition) is 2. The molecular weight excluding hydrogens is 191 g/mol. The van der Waals surface area contributed by atoms with Crippen molar-refractivity contribution in [1.82, 2.24) is 4.90 Å². The van der Waals surface area contributed by atoms with Crippen LogP contribution < -0.4 is 5.32 Å². The first-order chi connectivity index (χ1) is 7.25. The summed E-state index contributed by atoms with van der Waals surface area (Å²) in [5.41, 5.74) is 0.997. The van der Waals surface area contributed by atoms with Crippen LogP contribution in [0.2, 0.25) is 0 Å². The lowest BCUT2D eigenvalue weighted by atomic mass is 10.2. The van der Waals surface area contributed by atoms with Crippen LogP contribution in [0.4, 0.5) is 10.1 Å². The van der Waals surface area contributed by atoms with E-state index in [0.717, 1.165) is 12.2 Å². The van der Waals surface area contributed by atoms with Crippen LogP contribution in [0.1, 0.15) is 12.8 Å². The standard InChI is InChI=1S/C12H17FN2/c1-15-8-2-3-12(15)9-14-11-6-4-10(13)5-7-11/h4-7,12,14H,2-3,8-9H2,1H3. The lowest BCUT2D eigenvalue weighted by molar-refractivity contribution is 0.322. The fourth-order valence-corrected chi connectivity index (χ4v) is 2.04. The van der Waals surface area contributed by atoms with Crippen LogP contribution in [-0.4, -0.2) is 31.1 Å². The van der Waals surface area contributed by atoms with E-state index in [1.54, 1.807) is 12.1 Å². The summed E-state index contributed by atoms with van der Waals surface area (Å²) in [7, 11) is 2.16. The summed E-state index contributed by atoms with van der Waals surface area (Å²) < 4.78 is 12.7. The Balaban J connectivity index is 1.85. The Morgan fingerprint density at radius 2 is 2.13 bits per heavy atom. The average Bonchev–Trinajstić information content (AvgIpc) is 2.63. The van der Waals surface area contributed by atoms with Gasteiger partial charge in [0.2, 0.25) is 0 Å². The van der Waals surface area contributed by atoms with Crippen LogP contribution in [0.15, 0.2) is 24.3 Å². The second kappa shape index (κ2) is 4.62. The molecule has 1 aliphatic heterocycles. The number of likely N-dealkylation sites (N-methyl/N-ethyl adjacent to an activating group) is 1. The summed E-state index contributed by atoms with van der Waals surface area (Å²) >= 11 is 0. The van der Waals surface area contributed by atoms with Gasteiger partial charge in [-0.25, -0.2) is 4.39 Å². The Kier molecular flexibility index (Phi) is 3.21. The molecule has 3 heteroatoms. The summed E-state index contributed by atoms with van der Waals surface area (Å²) in [6, 6.07) is 7.16. The lowest BCUT2D eigenvalue weighted by Gasteiger charge is -2.20. The van der Waals surface area contributed by atoms with Gasteiger partial charge < -0.3 is 10.2 Å².